The van der Waals surface area contributed by atoms with Crippen LogP contribution in [0.5, 0.6) is 0 Å². The lowest BCUT2D eigenvalue weighted by molar-refractivity contribution is 0.0454. The van der Waals surface area contributed by atoms with E-state index in [0.29, 0.717) is 5.56 Å². The van der Waals surface area contributed by atoms with Gasteiger partial charge in [0, 0.05) is 0 Å². The number of amides is 1. The van der Waals surface area contributed by atoms with Crippen molar-refractivity contribution in [2.24, 2.45) is 0 Å². The van der Waals surface area contributed by atoms with Gasteiger partial charge in [0.05, 0.1) is 27.2 Å². The highest BCUT2D eigenvalue weighted by Crippen LogP contribution is 2.35. The summed E-state index contributed by atoms with van der Waals surface area (Å²) in [5.41, 5.74) is 0.0323. The van der Waals surface area contributed by atoms with Gasteiger partial charge in [-0.05, 0) is 43.7 Å². The third-order valence-electron chi connectivity index (χ3n) is 6.44. The molecule has 0 aliphatic carbocycles. The van der Waals surface area contributed by atoms with Crippen LogP contribution in [0, 0.1) is 25.5 Å². The van der Waals surface area contributed by atoms with Crippen LogP contribution >= 0.6 is 23.2 Å². The summed E-state index contributed by atoms with van der Waals surface area (Å²) in [4.78, 5) is 26.9. The second-order valence-corrected chi connectivity index (χ2v) is 9.97. The molecule has 0 saturated heterocycles. The Morgan fingerprint density at radius 3 is 1.88 bits per heavy atom. The van der Waals surface area contributed by atoms with E-state index in [1.807, 2.05) is 0 Å². The standard InChI is InChI=1S/C30H21Cl2F2N3O5/c1-15-23(27(36-41-15)25-18(31)10-6-12-20(25)33)29(38)35-22(17-8-4-3-5-9-17)14-40-30(39)24-16(2)42-37-28(24)26-19(32)11-7-13-21(26)34/h3-13,22H,14H2,1-2H3,(H,35,38)/t22-/m1/s1. The summed E-state index contributed by atoms with van der Waals surface area (Å²) in [6.07, 6.45) is 0. The summed E-state index contributed by atoms with van der Waals surface area (Å²) >= 11 is 12.4. The van der Waals surface area contributed by atoms with E-state index in [2.05, 4.69) is 15.6 Å². The van der Waals surface area contributed by atoms with Crippen LogP contribution in [0.3, 0.4) is 0 Å². The number of aryl methyl sites for hydroxylation is 2. The maximum absolute atomic E-state index is 14.7. The SMILES string of the molecule is Cc1onc(-c2c(F)cccc2Cl)c1C(=O)N[C@H](COC(=O)c1c(-c2c(F)cccc2Cl)noc1C)c1ccccc1. The maximum atomic E-state index is 14.7. The molecule has 0 spiro atoms. The Balaban J connectivity index is 1.43. The molecule has 1 N–H and O–H groups in total. The van der Waals surface area contributed by atoms with Crippen LogP contribution in [0.2, 0.25) is 10.0 Å². The van der Waals surface area contributed by atoms with Gasteiger partial charge in [-0.2, -0.15) is 0 Å². The summed E-state index contributed by atoms with van der Waals surface area (Å²) in [6, 6.07) is 16.0. The van der Waals surface area contributed by atoms with Crippen molar-refractivity contribution in [2.75, 3.05) is 6.61 Å². The van der Waals surface area contributed by atoms with E-state index in [9.17, 15) is 18.4 Å². The first-order chi connectivity index (χ1) is 20.2. The molecule has 0 radical (unpaired) electrons. The van der Waals surface area contributed by atoms with Crippen LogP contribution in [0.15, 0.2) is 75.8 Å². The van der Waals surface area contributed by atoms with Crippen molar-refractivity contribution in [3.63, 3.8) is 0 Å². The number of esters is 1. The molecule has 3 aromatic carbocycles. The summed E-state index contributed by atoms with van der Waals surface area (Å²) in [7, 11) is 0. The summed E-state index contributed by atoms with van der Waals surface area (Å²) < 4.78 is 45.3. The smallest absolute Gasteiger partial charge is 0.344 e. The van der Waals surface area contributed by atoms with Crippen molar-refractivity contribution in [1.82, 2.24) is 15.6 Å². The Morgan fingerprint density at radius 1 is 0.810 bits per heavy atom. The molecule has 0 unspecified atom stereocenters. The van der Waals surface area contributed by atoms with E-state index in [1.165, 1.54) is 50.2 Å². The number of halogens is 4. The lowest BCUT2D eigenvalue weighted by Crippen LogP contribution is -2.33. The second-order valence-electron chi connectivity index (χ2n) is 9.15. The minimum absolute atomic E-state index is 0.0293. The van der Waals surface area contributed by atoms with Crippen molar-refractivity contribution in [3.8, 4) is 22.5 Å². The van der Waals surface area contributed by atoms with E-state index in [4.69, 9.17) is 37.0 Å². The first-order valence-corrected chi connectivity index (χ1v) is 13.3. The molecule has 2 aromatic heterocycles. The van der Waals surface area contributed by atoms with Gasteiger partial charge < -0.3 is 19.1 Å². The Hall–Kier alpha value is -4.54. The fraction of sp³-hybridized carbons (Fsp3) is 0.133. The second kappa shape index (κ2) is 12.1. The fourth-order valence-electron chi connectivity index (χ4n) is 4.41. The van der Waals surface area contributed by atoms with Crippen LogP contribution in [0.1, 0.15) is 43.8 Å². The first-order valence-electron chi connectivity index (χ1n) is 12.5. The molecule has 1 atom stereocenters. The molecule has 214 valence electrons. The van der Waals surface area contributed by atoms with Gasteiger partial charge in [-0.15, -0.1) is 0 Å². The Kier molecular flexibility index (Phi) is 8.37. The van der Waals surface area contributed by atoms with Gasteiger partial charge >= 0.3 is 5.97 Å². The van der Waals surface area contributed by atoms with Crippen LogP contribution in [0.25, 0.3) is 22.5 Å². The molecule has 2 heterocycles. The average molecular weight is 612 g/mol. The number of hydrogen-bond acceptors (Lipinski definition) is 7. The zero-order valence-electron chi connectivity index (χ0n) is 22.1. The predicted molar refractivity (Wildman–Crippen MR) is 150 cm³/mol. The summed E-state index contributed by atoms with van der Waals surface area (Å²) in [5, 5.41) is 10.6. The van der Waals surface area contributed by atoms with E-state index >= 15 is 0 Å². The Bertz CT molecular complexity index is 1750. The highest BCUT2D eigenvalue weighted by atomic mass is 35.5. The quantitative estimate of drug-likeness (QED) is 0.181. The number of carbonyl (C=O) groups is 2. The molecule has 0 saturated carbocycles. The minimum atomic E-state index is -0.877. The number of rotatable bonds is 8. The predicted octanol–water partition coefficient (Wildman–Crippen LogP) is 7.53. The fourth-order valence-corrected chi connectivity index (χ4v) is 4.91. The molecule has 8 nitrogen and oxygen atoms in total. The molecule has 1 amide bonds. The molecule has 0 bridgehead atoms. The van der Waals surface area contributed by atoms with Crippen molar-refractivity contribution >= 4 is 35.1 Å². The van der Waals surface area contributed by atoms with Gasteiger partial charge in [-0.25, -0.2) is 13.6 Å². The number of ether oxygens (including phenoxy) is 1. The van der Waals surface area contributed by atoms with Crippen LogP contribution in [-0.2, 0) is 4.74 Å². The molecule has 12 heteroatoms. The van der Waals surface area contributed by atoms with E-state index in [1.54, 1.807) is 30.3 Å². The summed E-state index contributed by atoms with van der Waals surface area (Å²) in [5.74, 6) is -2.73. The number of nitrogens with zero attached hydrogens (tertiary/aromatic N) is 2. The Labute approximate surface area is 248 Å². The van der Waals surface area contributed by atoms with Gasteiger partial charge in [-0.3, -0.25) is 4.79 Å². The van der Waals surface area contributed by atoms with Crippen molar-refractivity contribution in [1.29, 1.82) is 0 Å². The monoisotopic (exact) mass is 611 g/mol. The lowest BCUT2D eigenvalue weighted by atomic mass is 10.0. The molecular weight excluding hydrogens is 591 g/mol. The normalized spacial score (nSPS) is 11.8. The summed E-state index contributed by atoms with van der Waals surface area (Å²) in [6.45, 7) is 2.63. The minimum Gasteiger partial charge on any atom is -0.459 e. The molecule has 42 heavy (non-hydrogen) atoms. The number of carbonyl (C=O) groups excluding carboxylic acids is 2. The number of aromatic nitrogens is 2. The van der Waals surface area contributed by atoms with E-state index in [0.717, 1.165) is 0 Å². The number of nitrogens with one attached hydrogen (secondary N) is 1. The highest BCUT2D eigenvalue weighted by Gasteiger charge is 2.30. The lowest BCUT2D eigenvalue weighted by Gasteiger charge is -2.19. The molecule has 0 aliphatic rings. The van der Waals surface area contributed by atoms with Crippen LogP contribution in [0.4, 0.5) is 8.78 Å². The number of hydrogen-bond donors (Lipinski definition) is 1. The molecule has 0 fully saturated rings. The molecular formula is C30H21Cl2F2N3O5. The van der Waals surface area contributed by atoms with Gasteiger partial charge in [0.2, 0.25) is 0 Å². The first kappa shape index (κ1) is 29.0. The largest absolute Gasteiger partial charge is 0.459 e. The van der Waals surface area contributed by atoms with Gasteiger partial charge in [0.25, 0.3) is 5.91 Å². The van der Waals surface area contributed by atoms with Gasteiger partial charge in [0.15, 0.2) is 0 Å². The third-order valence-corrected chi connectivity index (χ3v) is 7.07. The van der Waals surface area contributed by atoms with Crippen molar-refractivity contribution in [2.45, 2.75) is 19.9 Å². The Morgan fingerprint density at radius 2 is 1.33 bits per heavy atom. The van der Waals surface area contributed by atoms with E-state index < -0.39 is 29.6 Å². The van der Waals surface area contributed by atoms with Gasteiger partial charge in [-0.1, -0.05) is 76.0 Å². The van der Waals surface area contributed by atoms with Crippen LogP contribution in [-0.4, -0.2) is 28.8 Å². The zero-order chi connectivity index (χ0) is 30.0. The third kappa shape index (κ3) is 5.63. The van der Waals surface area contributed by atoms with Crippen LogP contribution < -0.4 is 5.32 Å². The van der Waals surface area contributed by atoms with Crippen molar-refractivity contribution < 1.29 is 32.2 Å². The molecule has 0 aliphatic heterocycles. The zero-order valence-corrected chi connectivity index (χ0v) is 23.6. The topological polar surface area (TPSA) is 107 Å². The maximum Gasteiger partial charge on any atom is 0.344 e. The highest BCUT2D eigenvalue weighted by molar-refractivity contribution is 6.34. The molecule has 5 aromatic rings. The van der Waals surface area contributed by atoms with E-state index in [-0.39, 0.29) is 61.8 Å². The van der Waals surface area contributed by atoms with Crippen molar-refractivity contribution in [3.05, 3.63) is 117 Å². The number of benzene rings is 3. The average Bonchev–Trinajstić information content (AvgIpc) is 3.53. The van der Waals surface area contributed by atoms with Gasteiger partial charge in [0.1, 0.15) is 52.3 Å². The molecule has 5 rings (SSSR count).